The number of hydrogen-bond acceptors (Lipinski definition) is 4. The second-order valence-corrected chi connectivity index (χ2v) is 8.55. The van der Waals surface area contributed by atoms with Gasteiger partial charge in [0.1, 0.15) is 0 Å². The van der Waals surface area contributed by atoms with Crippen LogP contribution in [0.4, 0.5) is 0 Å². The molecule has 8 heteroatoms. The summed E-state index contributed by atoms with van der Waals surface area (Å²) in [4.78, 5) is 26.4. The van der Waals surface area contributed by atoms with E-state index in [1.807, 2.05) is 4.90 Å². The summed E-state index contributed by atoms with van der Waals surface area (Å²) in [5.41, 5.74) is 1.06. The van der Waals surface area contributed by atoms with Crippen LogP contribution in [0.15, 0.2) is 23.1 Å². The van der Waals surface area contributed by atoms with Gasteiger partial charge in [0.2, 0.25) is 15.9 Å². The molecule has 0 aliphatic carbocycles. The Bertz CT molecular complexity index is 777. The van der Waals surface area contributed by atoms with Crippen LogP contribution in [0.25, 0.3) is 0 Å². The van der Waals surface area contributed by atoms with Gasteiger partial charge in [0.25, 0.3) is 5.91 Å². The van der Waals surface area contributed by atoms with E-state index in [1.165, 1.54) is 12.1 Å². The van der Waals surface area contributed by atoms with Gasteiger partial charge in [-0.1, -0.05) is 19.4 Å². The second-order valence-electron chi connectivity index (χ2n) is 6.78. The maximum Gasteiger partial charge on any atom is 0.251 e. The van der Waals surface area contributed by atoms with Gasteiger partial charge in [-0.2, -0.15) is 0 Å². The molecule has 0 saturated carbocycles. The summed E-state index contributed by atoms with van der Waals surface area (Å²) in [7, 11) is -3.61. The summed E-state index contributed by atoms with van der Waals surface area (Å²) in [5.74, 6) is -0.112. The third-order valence-electron chi connectivity index (χ3n) is 4.66. The lowest BCUT2D eigenvalue weighted by atomic mass is 10.1. The molecule has 2 rings (SSSR count). The zero-order valence-electron chi connectivity index (χ0n) is 16.1. The monoisotopic (exact) mass is 395 g/mol. The smallest absolute Gasteiger partial charge is 0.251 e. The van der Waals surface area contributed by atoms with E-state index in [4.69, 9.17) is 0 Å². The fraction of sp³-hybridized carbons (Fsp3) is 0.579. The lowest BCUT2D eigenvalue weighted by Gasteiger charge is -2.20. The van der Waals surface area contributed by atoms with Crippen molar-refractivity contribution in [2.75, 3.05) is 26.2 Å². The van der Waals surface area contributed by atoms with E-state index >= 15 is 0 Å². The maximum absolute atomic E-state index is 12.5. The Labute approximate surface area is 161 Å². The van der Waals surface area contributed by atoms with Gasteiger partial charge in [0.15, 0.2) is 0 Å². The second kappa shape index (κ2) is 9.85. The molecule has 7 nitrogen and oxygen atoms in total. The summed E-state index contributed by atoms with van der Waals surface area (Å²) in [6, 6.07) is 4.53. The Morgan fingerprint density at radius 1 is 1.22 bits per heavy atom. The number of nitrogens with one attached hydrogen (secondary N) is 2. The molecule has 0 unspecified atom stereocenters. The number of benzene rings is 1. The summed E-state index contributed by atoms with van der Waals surface area (Å²) in [6.07, 6.45) is 4.36. The van der Waals surface area contributed by atoms with Crippen molar-refractivity contribution in [3.63, 3.8) is 0 Å². The van der Waals surface area contributed by atoms with Gasteiger partial charge in [0.05, 0.1) is 4.90 Å². The predicted octanol–water partition coefficient (Wildman–Crippen LogP) is 1.82. The van der Waals surface area contributed by atoms with Crippen LogP contribution in [0.3, 0.4) is 0 Å². The van der Waals surface area contributed by atoms with Gasteiger partial charge < -0.3 is 10.2 Å². The number of aryl methyl sites for hydroxylation is 1. The van der Waals surface area contributed by atoms with Gasteiger partial charge >= 0.3 is 0 Å². The summed E-state index contributed by atoms with van der Waals surface area (Å²) >= 11 is 0. The SMILES string of the molecule is CCNS(=O)(=O)c1ccc(C)c(C(=O)NCCCN2CCCCCC2=O)c1. The van der Waals surface area contributed by atoms with Gasteiger partial charge in [-0.3, -0.25) is 9.59 Å². The molecule has 2 N–H and O–H groups in total. The first kappa shape index (κ1) is 21.4. The molecule has 1 saturated heterocycles. The highest BCUT2D eigenvalue weighted by molar-refractivity contribution is 7.89. The predicted molar refractivity (Wildman–Crippen MR) is 104 cm³/mol. The molecule has 1 fully saturated rings. The summed E-state index contributed by atoms with van der Waals surface area (Å²) < 4.78 is 26.7. The highest BCUT2D eigenvalue weighted by Gasteiger charge is 2.18. The lowest BCUT2D eigenvalue weighted by molar-refractivity contribution is -0.130. The molecular weight excluding hydrogens is 366 g/mol. The lowest BCUT2D eigenvalue weighted by Crippen LogP contribution is -2.34. The Balaban J connectivity index is 1.92. The molecule has 1 aliphatic rings. The number of sulfonamides is 1. The summed E-state index contributed by atoms with van der Waals surface area (Å²) in [6.45, 7) is 5.62. The topological polar surface area (TPSA) is 95.6 Å². The van der Waals surface area contributed by atoms with Crippen molar-refractivity contribution in [1.29, 1.82) is 0 Å². The fourth-order valence-electron chi connectivity index (χ4n) is 3.13. The van der Waals surface area contributed by atoms with Gasteiger partial charge in [-0.05, 0) is 43.9 Å². The van der Waals surface area contributed by atoms with Crippen molar-refractivity contribution < 1.29 is 18.0 Å². The molecule has 2 amide bonds. The average molecular weight is 396 g/mol. The largest absolute Gasteiger partial charge is 0.352 e. The molecule has 0 atom stereocenters. The third kappa shape index (κ3) is 6.04. The van der Waals surface area contributed by atoms with Crippen LogP contribution in [-0.2, 0) is 14.8 Å². The number of hydrogen-bond donors (Lipinski definition) is 2. The zero-order chi connectivity index (χ0) is 19.9. The quantitative estimate of drug-likeness (QED) is 0.656. The average Bonchev–Trinajstić information content (AvgIpc) is 2.83. The molecule has 0 spiro atoms. The standard InChI is InChI=1S/C19H29N3O4S/c1-3-21-27(25,26)16-10-9-15(2)17(14-16)19(24)20-11-7-13-22-12-6-4-5-8-18(22)23/h9-10,14,21H,3-8,11-13H2,1-2H3,(H,20,24). The van der Waals surface area contributed by atoms with E-state index in [9.17, 15) is 18.0 Å². The van der Waals surface area contributed by atoms with Crippen molar-refractivity contribution in [3.05, 3.63) is 29.3 Å². The number of nitrogens with zero attached hydrogens (tertiary/aromatic N) is 1. The Hall–Kier alpha value is -1.93. The minimum Gasteiger partial charge on any atom is -0.352 e. The molecule has 27 heavy (non-hydrogen) atoms. The van der Waals surface area contributed by atoms with E-state index in [1.54, 1.807) is 19.9 Å². The van der Waals surface area contributed by atoms with Crippen LogP contribution >= 0.6 is 0 Å². The first-order valence-electron chi connectivity index (χ1n) is 9.51. The molecule has 150 valence electrons. The Morgan fingerprint density at radius 3 is 2.74 bits per heavy atom. The van der Waals surface area contributed by atoms with E-state index in [0.29, 0.717) is 37.1 Å². The van der Waals surface area contributed by atoms with Gasteiger partial charge in [-0.15, -0.1) is 0 Å². The third-order valence-corrected chi connectivity index (χ3v) is 6.20. The molecule has 1 aliphatic heterocycles. The molecular formula is C19H29N3O4S. The number of carbonyl (C=O) groups is 2. The van der Waals surface area contributed by atoms with Crippen molar-refractivity contribution in [2.24, 2.45) is 0 Å². The van der Waals surface area contributed by atoms with E-state index in [0.717, 1.165) is 25.8 Å². The van der Waals surface area contributed by atoms with E-state index < -0.39 is 10.0 Å². The molecule has 0 aromatic heterocycles. The molecule has 0 radical (unpaired) electrons. The van der Waals surface area contributed by atoms with Crippen LogP contribution in [-0.4, -0.2) is 51.3 Å². The van der Waals surface area contributed by atoms with Gasteiger partial charge in [0, 0.05) is 38.2 Å². The van der Waals surface area contributed by atoms with Crippen LogP contribution in [0.5, 0.6) is 0 Å². The van der Waals surface area contributed by atoms with Crippen molar-refractivity contribution in [1.82, 2.24) is 14.9 Å². The van der Waals surface area contributed by atoms with Crippen molar-refractivity contribution in [2.45, 2.75) is 50.8 Å². The molecule has 0 bridgehead atoms. The Kier molecular flexibility index (Phi) is 7.79. The van der Waals surface area contributed by atoms with Crippen LogP contribution < -0.4 is 10.0 Å². The normalized spacial score (nSPS) is 15.5. The molecule has 1 aromatic carbocycles. The van der Waals surface area contributed by atoms with E-state index in [-0.39, 0.29) is 23.3 Å². The fourth-order valence-corrected chi connectivity index (χ4v) is 4.20. The van der Waals surface area contributed by atoms with Crippen LogP contribution in [0, 0.1) is 6.92 Å². The van der Waals surface area contributed by atoms with Crippen LogP contribution in [0.1, 0.15) is 54.9 Å². The first-order valence-corrected chi connectivity index (χ1v) is 11.0. The van der Waals surface area contributed by atoms with Gasteiger partial charge in [-0.25, -0.2) is 13.1 Å². The van der Waals surface area contributed by atoms with Crippen molar-refractivity contribution >= 4 is 21.8 Å². The first-order chi connectivity index (χ1) is 12.8. The maximum atomic E-state index is 12.5. The van der Waals surface area contributed by atoms with Crippen LogP contribution in [0.2, 0.25) is 0 Å². The summed E-state index contributed by atoms with van der Waals surface area (Å²) in [5, 5.41) is 2.83. The van der Waals surface area contributed by atoms with E-state index in [2.05, 4.69) is 10.0 Å². The number of amides is 2. The number of rotatable bonds is 8. The number of likely N-dealkylation sites (tertiary alicyclic amines) is 1. The zero-order valence-corrected chi connectivity index (χ0v) is 16.9. The van der Waals surface area contributed by atoms with Crippen molar-refractivity contribution in [3.8, 4) is 0 Å². The molecule has 1 heterocycles. The minimum atomic E-state index is -3.61. The molecule has 1 aromatic rings. The highest BCUT2D eigenvalue weighted by atomic mass is 32.2. The number of carbonyl (C=O) groups excluding carboxylic acids is 2. The Morgan fingerprint density at radius 2 is 2.00 bits per heavy atom. The minimum absolute atomic E-state index is 0.0789. The highest BCUT2D eigenvalue weighted by Crippen LogP contribution is 2.16.